The maximum atomic E-state index is 11.1. The van der Waals surface area contributed by atoms with Crippen molar-refractivity contribution in [3.05, 3.63) is 59.9 Å². The second-order valence-corrected chi connectivity index (χ2v) is 6.41. The summed E-state index contributed by atoms with van der Waals surface area (Å²) in [5, 5.41) is 28.8. The van der Waals surface area contributed by atoms with Gasteiger partial charge in [0.1, 0.15) is 11.5 Å². The predicted octanol–water partition coefficient (Wildman–Crippen LogP) is 3.09. The van der Waals surface area contributed by atoms with Gasteiger partial charge in [0, 0.05) is 34.2 Å². The Hall–Kier alpha value is -3.94. The molecule has 150 valence electrons. The second-order valence-electron chi connectivity index (χ2n) is 6.41. The lowest BCUT2D eigenvalue weighted by Gasteiger charge is -1.98. The molecule has 0 bridgehead atoms. The number of nitrogens with one attached hydrogen (secondary N) is 2. The molecule has 4 aromatic rings. The number of carboxylic acid groups (broad SMARTS) is 1. The predicted molar refractivity (Wildman–Crippen MR) is 107 cm³/mol. The van der Waals surface area contributed by atoms with Crippen LogP contribution >= 0.6 is 0 Å². The summed E-state index contributed by atoms with van der Waals surface area (Å²) in [6.07, 6.45) is 3.57. The van der Waals surface area contributed by atoms with Crippen LogP contribution in [-0.2, 0) is 27.2 Å². The van der Waals surface area contributed by atoms with Crippen molar-refractivity contribution in [2.24, 2.45) is 0 Å². The molecule has 2 heterocycles. The van der Waals surface area contributed by atoms with Crippen LogP contribution in [0.15, 0.2) is 48.8 Å². The van der Waals surface area contributed by atoms with Gasteiger partial charge in [-0.15, -0.1) is 0 Å². The third kappa shape index (κ3) is 4.67. The Morgan fingerprint density at radius 1 is 0.862 bits per heavy atom. The fourth-order valence-electron chi connectivity index (χ4n) is 3.02. The van der Waals surface area contributed by atoms with Gasteiger partial charge in [-0.1, -0.05) is 0 Å². The SMILES string of the molecule is COC(=O)Cc1c[nH]c2ccc(O)cc12.O=C(O)Cc1c[nH]c2ccc(O)cc12. The van der Waals surface area contributed by atoms with Crippen molar-refractivity contribution in [3.63, 3.8) is 0 Å². The second kappa shape index (κ2) is 8.39. The van der Waals surface area contributed by atoms with E-state index in [1.807, 2.05) is 0 Å². The summed E-state index contributed by atoms with van der Waals surface area (Å²) in [6, 6.07) is 9.83. The van der Waals surface area contributed by atoms with Crippen LogP contribution in [0.3, 0.4) is 0 Å². The van der Waals surface area contributed by atoms with Crippen LogP contribution in [0.2, 0.25) is 0 Å². The van der Waals surface area contributed by atoms with Crippen molar-refractivity contribution in [1.82, 2.24) is 9.97 Å². The molecule has 4 rings (SSSR count). The third-order valence-electron chi connectivity index (χ3n) is 4.41. The molecule has 0 atom stereocenters. The van der Waals surface area contributed by atoms with Crippen LogP contribution in [0.5, 0.6) is 11.5 Å². The van der Waals surface area contributed by atoms with E-state index in [2.05, 4.69) is 14.7 Å². The first-order chi connectivity index (χ1) is 13.9. The number of carbonyl (C=O) groups is 2. The summed E-state index contributed by atoms with van der Waals surface area (Å²) >= 11 is 0. The molecule has 0 radical (unpaired) electrons. The Kier molecular flexibility index (Phi) is 5.73. The number of phenols is 2. The summed E-state index contributed by atoms with van der Waals surface area (Å²) in [4.78, 5) is 27.6. The monoisotopic (exact) mass is 396 g/mol. The number of aromatic hydroxyl groups is 2. The van der Waals surface area contributed by atoms with Crippen molar-refractivity contribution < 1.29 is 29.6 Å². The Morgan fingerprint density at radius 3 is 1.79 bits per heavy atom. The lowest BCUT2D eigenvalue weighted by atomic mass is 10.1. The van der Waals surface area contributed by atoms with Gasteiger partial charge >= 0.3 is 11.9 Å². The number of ether oxygens (including phenoxy) is 1. The van der Waals surface area contributed by atoms with E-state index in [-0.39, 0.29) is 30.3 Å². The lowest BCUT2D eigenvalue weighted by molar-refractivity contribution is -0.140. The maximum Gasteiger partial charge on any atom is 0.310 e. The number of aliphatic carboxylic acids is 1. The van der Waals surface area contributed by atoms with Crippen LogP contribution < -0.4 is 0 Å². The molecule has 0 saturated heterocycles. The van der Waals surface area contributed by atoms with Crippen molar-refractivity contribution in [3.8, 4) is 11.5 Å². The highest BCUT2D eigenvalue weighted by molar-refractivity contribution is 5.89. The van der Waals surface area contributed by atoms with E-state index >= 15 is 0 Å². The topological polar surface area (TPSA) is 136 Å². The van der Waals surface area contributed by atoms with Crippen molar-refractivity contribution >= 4 is 33.7 Å². The van der Waals surface area contributed by atoms with E-state index in [1.165, 1.54) is 7.11 Å². The molecule has 29 heavy (non-hydrogen) atoms. The van der Waals surface area contributed by atoms with Gasteiger partial charge in [0.2, 0.25) is 0 Å². The number of methoxy groups -OCH3 is 1. The Morgan fingerprint density at radius 2 is 1.34 bits per heavy atom. The minimum atomic E-state index is -0.880. The molecule has 0 amide bonds. The first-order valence-corrected chi connectivity index (χ1v) is 8.74. The molecule has 0 aliphatic heterocycles. The van der Waals surface area contributed by atoms with Crippen LogP contribution in [0.4, 0.5) is 0 Å². The minimum Gasteiger partial charge on any atom is -0.508 e. The third-order valence-corrected chi connectivity index (χ3v) is 4.41. The molecule has 0 aliphatic rings. The number of fused-ring (bicyclic) bond motifs is 2. The molecule has 2 aromatic heterocycles. The van der Waals surface area contributed by atoms with Gasteiger partial charge in [-0.2, -0.15) is 0 Å². The van der Waals surface area contributed by atoms with E-state index in [1.54, 1.807) is 48.8 Å². The van der Waals surface area contributed by atoms with E-state index in [4.69, 9.17) is 5.11 Å². The van der Waals surface area contributed by atoms with Crippen LogP contribution in [0.1, 0.15) is 11.1 Å². The summed E-state index contributed by atoms with van der Waals surface area (Å²) in [6.45, 7) is 0. The zero-order valence-corrected chi connectivity index (χ0v) is 15.6. The standard InChI is InChI=1S/C11H11NO3.C10H9NO3/c1-15-11(14)4-7-6-12-10-3-2-8(13)5-9(7)10;12-7-1-2-9-8(4-7)6(5-11-9)3-10(13)14/h2-3,5-6,12-13H,4H2,1H3;1-2,4-5,11-12H,3H2,(H,13,14). The number of carbonyl (C=O) groups excluding carboxylic acids is 1. The first-order valence-electron chi connectivity index (χ1n) is 8.74. The number of aromatic nitrogens is 2. The van der Waals surface area contributed by atoms with Gasteiger partial charge < -0.3 is 30.0 Å². The summed E-state index contributed by atoms with van der Waals surface area (Å²) in [5.74, 6) is -0.842. The molecule has 2 aromatic carbocycles. The van der Waals surface area contributed by atoms with Gasteiger partial charge in [0.05, 0.1) is 20.0 Å². The molecular formula is C21H20N2O6. The molecule has 0 aliphatic carbocycles. The van der Waals surface area contributed by atoms with Gasteiger partial charge in [0.15, 0.2) is 0 Å². The number of rotatable bonds is 4. The number of aromatic amines is 2. The first kappa shape index (κ1) is 19.8. The highest BCUT2D eigenvalue weighted by Gasteiger charge is 2.09. The molecule has 0 unspecified atom stereocenters. The van der Waals surface area contributed by atoms with Gasteiger partial charge in [-0.05, 0) is 47.5 Å². The average molecular weight is 396 g/mol. The largest absolute Gasteiger partial charge is 0.508 e. The number of carboxylic acids is 1. The van der Waals surface area contributed by atoms with Crippen LogP contribution in [0.25, 0.3) is 21.8 Å². The molecule has 8 nitrogen and oxygen atoms in total. The summed E-state index contributed by atoms with van der Waals surface area (Å²) in [7, 11) is 1.36. The highest BCUT2D eigenvalue weighted by Crippen LogP contribution is 2.24. The highest BCUT2D eigenvalue weighted by atomic mass is 16.5. The minimum absolute atomic E-state index is 0.0382. The van der Waals surface area contributed by atoms with Gasteiger partial charge in [-0.25, -0.2) is 0 Å². The Bertz CT molecular complexity index is 1170. The fraction of sp³-hybridized carbons (Fsp3) is 0.143. The number of benzene rings is 2. The molecule has 8 heteroatoms. The molecule has 0 saturated carbocycles. The lowest BCUT2D eigenvalue weighted by Crippen LogP contribution is -2.03. The number of phenolic OH excluding ortho intramolecular Hbond substituents is 2. The average Bonchev–Trinajstić information content (AvgIpc) is 3.26. The van der Waals surface area contributed by atoms with E-state index in [0.717, 1.165) is 27.4 Å². The fourth-order valence-corrected chi connectivity index (χ4v) is 3.02. The maximum absolute atomic E-state index is 11.1. The van der Waals surface area contributed by atoms with Crippen LogP contribution in [-0.4, -0.2) is 44.3 Å². The van der Waals surface area contributed by atoms with Crippen molar-refractivity contribution in [2.75, 3.05) is 7.11 Å². The van der Waals surface area contributed by atoms with Gasteiger partial charge in [0.25, 0.3) is 0 Å². The Balaban J connectivity index is 0.000000166. The van der Waals surface area contributed by atoms with Crippen LogP contribution in [0, 0.1) is 0 Å². The quantitative estimate of drug-likeness (QED) is 0.336. The Labute approximate surface area is 165 Å². The number of esters is 1. The van der Waals surface area contributed by atoms with E-state index in [9.17, 15) is 19.8 Å². The number of hydrogen-bond donors (Lipinski definition) is 5. The van der Waals surface area contributed by atoms with Crippen molar-refractivity contribution in [1.29, 1.82) is 0 Å². The zero-order chi connectivity index (χ0) is 21.0. The molecule has 0 spiro atoms. The summed E-state index contributed by atoms with van der Waals surface area (Å²) in [5.41, 5.74) is 3.24. The zero-order valence-electron chi connectivity index (χ0n) is 15.6. The number of H-pyrrole nitrogens is 2. The van der Waals surface area contributed by atoms with Gasteiger partial charge in [-0.3, -0.25) is 9.59 Å². The van der Waals surface area contributed by atoms with E-state index < -0.39 is 5.97 Å². The smallest absolute Gasteiger partial charge is 0.310 e. The number of hydrogen-bond acceptors (Lipinski definition) is 5. The molecular weight excluding hydrogens is 376 g/mol. The summed E-state index contributed by atoms with van der Waals surface area (Å²) < 4.78 is 4.59. The normalized spacial score (nSPS) is 10.5. The molecule has 5 N–H and O–H groups in total. The molecule has 0 fully saturated rings. The van der Waals surface area contributed by atoms with Crippen molar-refractivity contribution in [2.45, 2.75) is 12.8 Å². The van der Waals surface area contributed by atoms with E-state index in [0.29, 0.717) is 5.56 Å².